The predicted molar refractivity (Wildman–Crippen MR) is 64.7 cm³/mol. The molecule has 0 radical (unpaired) electrons. The maximum absolute atomic E-state index is 5.66. The highest BCUT2D eigenvalue weighted by Gasteiger charge is 2.13. The number of rotatable bonds is 4. The average Bonchev–Trinajstić information content (AvgIpc) is 2.38. The Morgan fingerprint density at radius 2 is 2.31 bits per heavy atom. The molecular formula is C12H19N3O. The van der Waals surface area contributed by atoms with Crippen LogP contribution in [0.3, 0.4) is 0 Å². The van der Waals surface area contributed by atoms with Gasteiger partial charge in [0.15, 0.2) is 0 Å². The number of ether oxygens (including phenoxy) is 1. The quantitative estimate of drug-likeness (QED) is 0.819. The first kappa shape index (κ1) is 11.4. The van der Waals surface area contributed by atoms with Gasteiger partial charge in [-0.3, -0.25) is 4.98 Å². The van der Waals surface area contributed by atoms with E-state index in [-0.39, 0.29) is 0 Å². The van der Waals surface area contributed by atoms with E-state index in [1.165, 1.54) is 5.69 Å². The van der Waals surface area contributed by atoms with Gasteiger partial charge in [-0.2, -0.15) is 0 Å². The van der Waals surface area contributed by atoms with Gasteiger partial charge >= 0.3 is 0 Å². The van der Waals surface area contributed by atoms with Crippen molar-refractivity contribution in [3.63, 3.8) is 0 Å². The molecule has 4 nitrogen and oxygen atoms in total. The Morgan fingerprint density at radius 3 is 3.00 bits per heavy atom. The lowest BCUT2D eigenvalue weighted by atomic mass is 10.2. The summed E-state index contributed by atoms with van der Waals surface area (Å²) in [4.78, 5) is 6.25. The Balaban J connectivity index is 1.77. The summed E-state index contributed by atoms with van der Waals surface area (Å²) in [5.41, 5.74) is 1.21. The molecule has 2 rings (SSSR count). The molecule has 1 N–H and O–H groups in total. The van der Waals surface area contributed by atoms with E-state index in [0.717, 1.165) is 32.7 Å². The molecular weight excluding hydrogens is 202 g/mol. The van der Waals surface area contributed by atoms with Crippen molar-refractivity contribution in [1.29, 1.82) is 0 Å². The molecule has 88 valence electrons. The average molecular weight is 221 g/mol. The fourth-order valence-corrected chi connectivity index (χ4v) is 1.87. The fourth-order valence-electron chi connectivity index (χ4n) is 1.87. The van der Waals surface area contributed by atoms with Crippen molar-refractivity contribution in [2.24, 2.45) is 0 Å². The zero-order valence-corrected chi connectivity index (χ0v) is 9.72. The van der Waals surface area contributed by atoms with Gasteiger partial charge in [0.1, 0.15) is 0 Å². The largest absolute Gasteiger partial charge is 0.376 e. The molecule has 0 bridgehead atoms. The van der Waals surface area contributed by atoms with Crippen LogP contribution in [0.4, 0.5) is 5.69 Å². The molecule has 0 spiro atoms. The summed E-state index contributed by atoms with van der Waals surface area (Å²) in [5.74, 6) is 0. The molecule has 0 amide bonds. The minimum absolute atomic E-state index is 0.359. The lowest BCUT2D eigenvalue weighted by Crippen LogP contribution is -2.40. The van der Waals surface area contributed by atoms with E-state index in [1.54, 1.807) is 0 Å². The first-order chi connectivity index (χ1) is 7.86. The summed E-state index contributed by atoms with van der Waals surface area (Å²) in [6.45, 7) is 3.81. The second-order valence-electron chi connectivity index (χ2n) is 4.11. The third-order valence-electron chi connectivity index (χ3n) is 2.89. The molecule has 1 aromatic rings. The van der Waals surface area contributed by atoms with Crippen LogP contribution in [0.25, 0.3) is 0 Å². The van der Waals surface area contributed by atoms with Crippen molar-refractivity contribution in [3.8, 4) is 0 Å². The first-order valence-corrected chi connectivity index (χ1v) is 5.80. The summed E-state index contributed by atoms with van der Waals surface area (Å²) in [7, 11) is 2.10. The molecule has 4 heteroatoms. The van der Waals surface area contributed by atoms with Gasteiger partial charge in [0.25, 0.3) is 0 Å². The molecule has 1 aliphatic rings. The summed E-state index contributed by atoms with van der Waals surface area (Å²) in [5, 5.41) is 3.34. The minimum atomic E-state index is 0.359. The highest BCUT2D eigenvalue weighted by molar-refractivity contribution is 5.43. The molecule has 1 atom stereocenters. The number of nitrogens with one attached hydrogen (secondary N) is 1. The summed E-state index contributed by atoms with van der Waals surface area (Å²) < 4.78 is 5.66. The van der Waals surface area contributed by atoms with E-state index in [0.29, 0.717) is 6.10 Å². The Labute approximate surface area is 96.6 Å². The Kier molecular flexibility index (Phi) is 4.13. The van der Waals surface area contributed by atoms with E-state index in [2.05, 4.69) is 22.2 Å². The monoisotopic (exact) mass is 221 g/mol. The maximum Gasteiger partial charge on any atom is 0.0716 e. The van der Waals surface area contributed by atoms with Gasteiger partial charge < -0.3 is 15.0 Å². The normalized spacial score (nSPS) is 20.7. The van der Waals surface area contributed by atoms with Crippen LogP contribution in [-0.2, 0) is 4.74 Å². The minimum Gasteiger partial charge on any atom is -0.376 e. The summed E-state index contributed by atoms with van der Waals surface area (Å²) in [6.07, 6.45) is 5.07. The molecule has 0 saturated carbocycles. The number of pyridine rings is 1. The summed E-state index contributed by atoms with van der Waals surface area (Å²) in [6, 6.07) is 4.06. The molecule has 1 aliphatic heterocycles. The predicted octanol–water partition coefficient (Wildman–Crippen LogP) is 0.896. The standard InChI is InChI=1S/C12H19N3O/c1-15(11-2-5-13-6-3-11)8-4-12-10-14-7-9-16-12/h2-3,5-6,12,14H,4,7-10H2,1H3. The van der Waals surface area contributed by atoms with Gasteiger partial charge in [-0.15, -0.1) is 0 Å². The SMILES string of the molecule is CN(CCC1CNCCO1)c1ccncc1. The van der Waals surface area contributed by atoms with Crippen LogP contribution in [0, 0.1) is 0 Å². The molecule has 0 aromatic carbocycles. The third kappa shape index (κ3) is 3.18. The second kappa shape index (κ2) is 5.82. The Morgan fingerprint density at radius 1 is 1.50 bits per heavy atom. The Hall–Kier alpha value is -1.13. The summed E-state index contributed by atoms with van der Waals surface area (Å²) >= 11 is 0. The van der Waals surface area contributed by atoms with E-state index in [4.69, 9.17) is 4.74 Å². The Bertz CT molecular complexity index is 298. The molecule has 16 heavy (non-hydrogen) atoms. The van der Waals surface area contributed by atoms with E-state index in [9.17, 15) is 0 Å². The van der Waals surface area contributed by atoms with E-state index < -0.39 is 0 Å². The lowest BCUT2D eigenvalue weighted by Gasteiger charge is -2.26. The molecule has 1 aromatic heterocycles. The highest BCUT2D eigenvalue weighted by atomic mass is 16.5. The van der Waals surface area contributed by atoms with Crippen LogP contribution in [0.2, 0.25) is 0 Å². The second-order valence-corrected chi connectivity index (χ2v) is 4.11. The number of nitrogens with zero attached hydrogens (tertiary/aromatic N) is 2. The van der Waals surface area contributed by atoms with Crippen LogP contribution in [-0.4, -0.2) is 44.4 Å². The van der Waals surface area contributed by atoms with Crippen LogP contribution in [0.5, 0.6) is 0 Å². The van der Waals surface area contributed by atoms with Gasteiger partial charge in [0.2, 0.25) is 0 Å². The number of hydrogen-bond donors (Lipinski definition) is 1. The van der Waals surface area contributed by atoms with Crippen molar-refractivity contribution >= 4 is 5.69 Å². The van der Waals surface area contributed by atoms with E-state index in [1.807, 2.05) is 24.5 Å². The number of hydrogen-bond acceptors (Lipinski definition) is 4. The molecule has 1 saturated heterocycles. The zero-order valence-electron chi connectivity index (χ0n) is 9.72. The maximum atomic E-state index is 5.66. The van der Waals surface area contributed by atoms with Gasteiger partial charge in [0, 0.05) is 44.8 Å². The molecule has 1 unspecified atom stereocenters. The molecule has 2 heterocycles. The topological polar surface area (TPSA) is 37.4 Å². The van der Waals surface area contributed by atoms with Crippen molar-refractivity contribution in [1.82, 2.24) is 10.3 Å². The number of anilines is 1. The van der Waals surface area contributed by atoms with E-state index >= 15 is 0 Å². The lowest BCUT2D eigenvalue weighted by molar-refractivity contribution is 0.0250. The van der Waals surface area contributed by atoms with Crippen molar-refractivity contribution in [2.45, 2.75) is 12.5 Å². The highest BCUT2D eigenvalue weighted by Crippen LogP contribution is 2.11. The molecule has 0 aliphatic carbocycles. The van der Waals surface area contributed by atoms with Crippen LogP contribution in [0.15, 0.2) is 24.5 Å². The smallest absolute Gasteiger partial charge is 0.0716 e. The van der Waals surface area contributed by atoms with Crippen molar-refractivity contribution in [3.05, 3.63) is 24.5 Å². The molecule has 1 fully saturated rings. The zero-order chi connectivity index (χ0) is 11.2. The van der Waals surface area contributed by atoms with Gasteiger partial charge in [-0.05, 0) is 18.6 Å². The first-order valence-electron chi connectivity index (χ1n) is 5.80. The van der Waals surface area contributed by atoms with Crippen LogP contribution < -0.4 is 10.2 Å². The van der Waals surface area contributed by atoms with Gasteiger partial charge in [-0.1, -0.05) is 0 Å². The van der Waals surface area contributed by atoms with Crippen molar-refractivity contribution < 1.29 is 4.74 Å². The van der Waals surface area contributed by atoms with Gasteiger partial charge in [-0.25, -0.2) is 0 Å². The number of morpholine rings is 1. The van der Waals surface area contributed by atoms with Crippen LogP contribution >= 0.6 is 0 Å². The third-order valence-corrected chi connectivity index (χ3v) is 2.89. The van der Waals surface area contributed by atoms with Crippen LogP contribution in [0.1, 0.15) is 6.42 Å². The fraction of sp³-hybridized carbons (Fsp3) is 0.583. The van der Waals surface area contributed by atoms with Gasteiger partial charge in [0.05, 0.1) is 12.7 Å². The van der Waals surface area contributed by atoms with Crippen molar-refractivity contribution in [2.75, 3.05) is 38.2 Å². The number of aromatic nitrogens is 1.